The van der Waals surface area contributed by atoms with Crippen LogP contribution in [0.5, 0.6) is 0 Å². The van der Waals surface area contributed by atoms with Gasteiger partial charge in [0, 0.05) is 19.1 Å². The Hall–Kier alpha value is -0.630. The van der Waals surface area contributed by atoms with E-state index in [0.717, 1.165) is 38.5 Å². The Bertz CT molecular complexity index is 346. The van der Waals surface area contributed by atoms with Crippen molar-refractivity contribution in [3.05, 3.63) is 0 Å². The highest BCUT2D eigenvalue weighted by atomic mass is 15.3. The first-order valence-corrected chi connectivity index (χ1v) is 7.38. The summed E-state index contributed by atoms with van der Waals surface area (Å²) in [5.41, 5.74) is 5.72. The first-order valence-electron chi connectivity index (χ1n) is 7.38. The van der Waals surface area contributed by atoms with E-state index < -0.39 is 5.54 Å². The van der Waals surface area contributed by atoms with E-state index >= 15 is 0 Å². The Morgan fingerprint density at radius 3 is 2.67 bits per heavy atom. The third-order valence-electron chi connectivity index (χ3n) is 4.89. The highest BCUT2D eigenvalue weighted by Crippen LogP contribution is 2.38. The third-order valence-corrected chi connectivity index (χ3v) is 4.89. The SMILES string of the molecule is N#CC(N)(CN1CCCN2CCCC2C1)C1CC1. The van der Waals surface area contributed by atoms with E-state index in [9.17, 15) is 5.26 Å². The van der Waals surface area contributed by atoms with E-state index in [-0.39, 0.29) is 0 Å². The number of nitrogens with zero attached hydrogens (tertiary/aromatic N) is 3. The largest absolute Gasteiger partial charge is 0.312 e. The Morgan fingerprint density at radius 2 is 1.94 bits per heavy atom. The molecule has 4 heteroatoms. The van der Waals surface area contributed by atoms with Crippen LogP contribution in [0, 0.1) is 17.2 Å². The molecule has 1 aliphatic carbocycles. The van der Waals surface area contributed by atoms with Crippen LogP contribution in [0.4, 0.5) is 0 Å². The molecule has 2 unspecified atom stereocenters. The lowest BCUT2D eigenvalue weighted by Crippen LogP contribution is -2.52. The number of nitriles is 1. The van der Waals surface area contributed by atoms with Crippen molar-refractivity contribution >= 4 is 0 Å². The fraction of sp³-hybridized carbons (Fsp3) is 0.929. The third kappa shape index (κ3) is 2.40. The molecule has 100 valence electrons. The average molecular weight is 248 g/mol. The van der Waals surface area contributed by atoms with Gasteiger partial charge in [0.05, 0.1) is 6.07 Å². The van der Waals surface area contributed by atoms with Crippen LogP contribution < -0.4 is 5.73 Å². The van der Waals surface area contributed by atoms with Gasteiger partial charge in [-0.1, -0.05) is 0 Å². The molecule has 3 aliphatic rings. The highest BCUT2D eigenvalue weighted by Gasteiger charge is 2.44. The smallest absolute Gasteiger partial charge is 0.119 e. The molecule has 2 N–H and O–H groups in total. The summed E-state index contributed by atoms with van der Waals surface area (Å²) >= 11 is 0. The van der Waals surface area contributed by atoms with Crippen LogP contribution in [0.15, 0.2) is 0 Å². The van der Waals surface area contributed by atoms with Crippen molar-refractivity contribution in [3.63, 3.8) is 0 Å². The van der Waals surface area contributed by atoms with Gasteiger partial charge in [-0.2, -0.15) is 5.26 Å². The van der Waals surface area contributed by atoms with Gasteiger partial charge < -0.3 is 5.73 Å². The Morgan fingerprint density at radius 1 is 1.17 bits per heavy atom. The molecule has 0 aromatic rings. The summed E-state index contributed by atoms with van der Waals surface area (Å²) in [6.45, 7) is 5.51. The Labute approximate surface area is 110 Å². The molecule has 0 bridgehead atoms. The van der Waals surface area contributed by atoms with Gasteiger partial charge in [-0.25, -0.2) is 0 Å². The number of fused-ring (bicyclic) bond motifs is 1. The molecule has 3 fully saturated rings. The van der Waals surface area contributed by atoms with Crippen molar-refractivity contribution in [2.45, 2.75) is 43.7 Å². The Balaban J connectivity index is 1.63. The van der Waals surface area contributed by atoms with Crippen LogP contribution in [0.2, 0.25) is 0 Å². The van der Waals surface area contributed by atoms with Crippen molar-refractivity contribution in [1.82, 2.24) is 9.80 Å². The highest BCUT2D eigenvalue weighted by molar-refractivity contribution is 5.15. The van der Waals surface area contributed by atoms with E-state index in [4.69, 9.17) is 5.73 Å². The predicted octanol–water partition coefficient (Wildman–Crippen LogP) is 0.788. The van der Waals surface area contributed by atoms with Crippen LogP contribution in [0.1, 0.15) is 32.1 Å². The van der Waals surface area contributed by atoms with E-state index in [0.29, 0.717) is 5.92 Å². The predicted molar refractivity (Wildman–Crippen MR) is 70.9 cm³/mol. The zero-order valence-corrected chi connectivity index (χ0v) is 11.1. The van der Waals surface area contributed by atoms with Crippen molar-refractivity contribution in [2.75, 3.05) is 32.7 Å². The van der Waals surface area contributed by atoms with Gasteiger partial charge in [0.15, 0.2) is 0 Å². The van der Waals surface area contributed by atoms with E-state index in [2.05, 4.69) is 15.9 Å². The van der Waals surface area contributed by atoms with Crippen molar-refractivity contribution < 1.29 is 0 Å². The molecule has 0 radical (unpaired) electrons. The van der Waals surface area contributed by atoms with E-state index in [1.165, 1.54) is 32.4 Å². The maximum atomic E-state index is 9.37. The second-order valence-electron chi connectivity index (χ2n) is 6.35. The fourth-order valence-electron chi connectivity index (χ4n) is 3.65. The molecule has 3 rings (SSSR count). The van der Waals surface area contributed by atoms with E-state index in [1.807, 2.05) is 0 Å². The summed E-state index contributed by atoms with van der Waals surface area (Å²) < 4.78 is 0. The number of nitrogens with two attached hydrogens (primary N) is 1. The van der Waals surface area contributed by atoms with Crippen LogP contribution in [0.3, 0.4) is 0 Å². The normalized spacial score (nSPS) is 33.4. The zero-order valence-electron chi connectivity index (χ0n) is 11.1. The standard InChI is InChI=1S/C14H24N4/c15-10-14(16,12-4-5-12)11-17-6-2-8-18-7-1-3-13(18)9-17/h12-13H,1-9,11,16H2. The van der Waals surface area contributed by atoms with Gasteiger partial charge in [-0.15, -0.1) is 0 Å². The van der Waals surface area contributed by atoms with Gasteiger partial charge >= 0.3 is 0 Å². The lowest BCUT2D eigenvalue weighted by Gasteiger charge is -2.31. The quantitative estimate of drug-likeness (QED) is 0.802. The van der Waals surface area contributed by atoms with Crippen molar-refractivity contribution in [2.24, 2.45) is 11.7 Å². The zero-order chi connectivity index (χ0) is 12.6. The van der Waals surface area contributed by atoms with Crippen molar-refractivity contribution in [1.29, 1.82) is 5.26 Å². The second kappa shape index (κ2) is 4.80. The lowest BCUT2D eigenvalue weighted by molar-refractivity contribution is 0.193. The van der Waals surface area contributed by atoms with Gasteiger partial charge in [0.2, 0.25) is 0 Å². The maximum Gasteiger partial charge on any atom is 0.119 e. The molecule has 18 heavy (non-hydrogen) atoms. The Kier molecular flexibility index (Phi) is 3.31. The first kappa shape index (κ1) is 12.4. The molecule has 2 atom stereocenters. The lowest BCUT2D eigenvalue weighted by atomic mass is 9.95. The maximum absolute atomic E-state index is 9.37. The summed E-state index contributed by atoms with van der Waals surface area (Å²) in [6.07, 6.45) is 6.18. The molecule has 1 saturated carbocycles. The van der Waals surface area contributed by atoms with Gasteiger partial charge in [0.25, 0.3) is 0 Å². The first-order chi connectivity index (χ1) is 8.71. The van der Waals surface area contributed by atoms with Crippen LogP contribution in [-0.2, 0) is 0 Å². The second-order valence-corrected chi connectivity index (χ2v) is 6.35. The molecule has 2 aliphatic heterocycles. The summed E-state index contributed by atoms with van der Waals surface area (Å²) in [5, 5.41) is 9.37. The van der Waals surface area contributed by atoms with Gasteiger partial charge in [-0.3, -0.25) is 9.80 Å². The molecule has 0 amide bonds. The number of hydrogen-bond donors (Lipinski definition) is 1. The monoisotopic (exact) mass is 248 g/mol. The molecular formula is C14H24N4. The number of rotatable bonds is 3. The molecule has 4 nitrogen and oxygen atoms in total. The minimum Gasteiger partial charge on any atom is -0.312 e. The molecule has 2 heterocycles. The molecular weight excluding hydrogens is 224 g/mol. The fourth-order valence-corrected chi connectivity index (χ4v) is 3.65. The summed E-state index contributed by atoms with van der Waals surface area (Å²) in [4.78, 5) is 5.08. The molecule has 0 aromatic heterocycles. The van der Waals surface area contributed by atoms with Gasteiger partial charge in [0.1, 0.15) is 5.54 Å². The number of hydrogen-bond acceptors (Lipinski definition) is 4. The summed E-state index contributed by atoms with van der Waals surface area (Å²) in [5.74, 6) is 0.449. The molecule has 0 aromatic carbocycles. The summed E-state index contributed by atoms with van der Waals surface area (Å²) in [6, 6.07) is 3.11. The minimum absolute atomic E-state index is 0.449. The van der Waals surface area contributed by atoms with Crippen LogP contribution >= 0.6 is 0 Å². The molecule has 2 saturated heterocycles. The van der Waals surface area contributed by atoms with E-state index in [1.54, 1.807) is 0 Å². The average Bonchev–Trinajstić information content (AvgIpc) is 3.16. The minimum atomic E-state index is -0.590. The summed E-state index contributed by atoms with van der Waals surface area (Å²) in [7, 11) is 0. The van der Waals surface area contributed by atoms with Gasteiger partial charge in [-0.05, 0) is 57.7 Å². The van der Waals surface area contributed by atoms with Crippen LogP contribution in [0.25, 0.3) is 0 Å². The topological polar surface area (TPSA) is 56.3 Å². The van der Waals surface area contributed by atoms with Crippen LogP contribution in [-0.4, -0.2) is 54.1 Å². The molecule has 0 spiro atoms. The van der Waals surface area contributed by atoms with Crippen molar-refractivity contribution in [3.8, 4) is 6.07 Å².